The molecule has 0 unspecified atom stereocenters. The fourth-order valence-corrected chi connectivity index (χ4v) is 1.50. The van der Waals surface area contributed by atoms with Crippen LogP contribution in [0.5, 0.6) is 0 Å². The quantitative estimate of drug-likeness (QED) is 0.657. The largest absolute Gasteiger partial charge is 0.478 e. The maximum atomic E-state index is 11.8. The van der Waals surface area contributed by atoms with Crippen LogP contribution in [0.15, 0.2) is 16.7 Å². The van der Waals surface area contributed by atoms with Crippen molar-refractivity contribution in [1.82, 2.24) is 10.2 Å². The highest BCUT2D eigenvalue weighted by atomic mass is 16.4. The zero-order valence-electron chi connectivity index (χ0n) is 9.00. The van der Waals surface area contributed by atoms with Crippen LogP contribution >= 0.6 is 0 Å². The molecule has 0 aromatic carbocycles. The predicted molar refractivity (Wildman–Crippen MR) is 54.7 cm³/mol. The number of carbonyl (C=O) groups excluding carboxylic acids is 3. The molecular formula is C10H8N2O6. The normalized spacial score (nSPS) is 15.4. The number of hydrogen-bond donors (Lipinski definition) is 2. The number of furan rings is 1. The van der Waals surface area contributed by atoms with Crippen LogP contribution in [0, 0.1) is 0 Å². The fourth-order valence-electron chi connectivity index (χ4n) is 1.50. The minimum absolute atomic E-state index is 0.175. The third-order valence-corrected chi connectivity index (χ3v) is 2.29. The molecule has 8 heteroatoms. The molecule has 1 fully saturated rings. The van der Waals surface area contributed by atoms with Crippen LogP contribution in [0.3, 0.4) is 0 Å². The number of nitrogens with zero attached hydrogens (tertiary/aromatic N) is 1. The molecular weight excluding hydrogens is 244 g/mol. The number of piperazine rings is 1. The van der Waals surface area contributed by atoms with E-state index in [0.717, 1.165) is 17.2 Å². The first-order valence-electron chi connectivity index (χ1n) is 4.91. The number of rotatable bonds is 2. The van der Waals surface area contributed by atoms with Crippen LogP contribution in [0.4, 0.5) is 0 Å². The molecule has 1 saturated heterocycles. The van der Waals surface area contributed by atoms with Gasteiger partial charge in [0.15, 0.2) is 5.76 Å². The van der Waals surface area contributed by atoms with Gasteiger partial charge in [0, 0.05) is 6.07 Å². The number of carbonyl (C=O) groups is 4. The molecule has 18 heavy (non-hydrogen) atoms. The Kier molecular flexibility index (Phi) is 2.84. The molecule has 2 heterocycles. The van der Waals surface area contributed by atoms with E-state index in [1.807, 2.05) is 5.32 Å². The molecule has 0 atom stereocenters. The molecule has 0 aliphatic carbocycles. The first-order valence-corrected chi connectivity index (χ1v) is 4.91. The van der Waals surface area contributed by atoms with Gasteiger partial charge in [-0.1, -0.05) is 0 Å². The van der Waals surface area contributed by atoms with Gasteiger partial charge in [-0.15, -0.1) is 0 Å². The SMILES string of the molecule is O=C1CN(C(=O)c2cc(C(=O)O)co2)CC(=O)N1. The summed E-state index contributed by atoms with van der Waals surface area (Å²) in [4.78, 5) is 45.6. The summed E-state index contributed by atoms with van der Waals surface area (Å²) in [6.45, 7) is -0.540. The Morgan fingerprint density at radius 1 is 1.28 bits per heavy atom. The van der Waals surface area contributed by atoms with Crippen LogP contribution in [0.2, 0.25) is 0 Å². The van der Waals surface area contributed by atoms with E-state index in [4.69, 9.17) is 9.52 Å². The number of aromatic carboxylic acids is 1. The van der Waals surface area contributed by atoms with Gasteiger partial charge >= 0.3 is 5.97 Å². The number of carboxylic acids is 1. The van der Waals surface area contributed by atoms with Gasteiger partial charge in [-0.25, -0.2) is 4.79 Å². The van der Waals surface area contributed by atoms with E-state index < -0.39 is 23.7 Å². The van der Waals surface area contributed by atoms with E-state index >= 15 is 0 Å². The first-order chi connectivity index (χ1) is 8.47. The molecule has 94 valence electrons. The van der Waals surface area contributed by atoms with Gasteiger partial charge in [-0.2, -0.15) is 0 Å². The van der Waals surface area contributed by atoms with Gasteiger partial charge in [0.1, 0.15) is 19.4 Å². The van der Waals surface area contributed by atoms with Crippen molar-refractivity contribution < 1.29 is 28.7 Å². The van der Waals surface area contributed by atoms with Crippen LogP contribution in [-0.2, 0) is 9.59 Å². The summed E-state index contributed by atoms with van der Waals surface area (Å²) >= 11 is 0. The van der Waals surface area contributed by atoms with E-state index in [1.165, 1.54) is 0 Å². The van der Waals surface area contributed by atoms with E-state index in [0.29, 0.717) is 0 Å². The van der Waals surface area contributed by atoms with Crippen molar-refractivity contribution in [2.45, 2.75) is 0 Å². The van der Waals surface area contributed by atoms with E-state index in [-0.39, 0.29) is 24.4 Å². The molecule has 0 spiro atoms. The van der Waals surface area contributed by atoms with E-state index in [2.05, 4.69) is 0 Å². The summed E-state index contributed by atoms with van der Waals surface area (Å²) < 4.78 is 4.80. The van der Waals surface area contributed by atoms with Gasteiger partial charge in [0.25, 0.3) is 5.91 Å². The Bertz CT molecular complexity index is 530. The van der Waals surface area contributed by atoms with Crippen LogP contribution in [0.1, 0.15) is 20.9 Å². The molecule has 0 saturated carbocycles. The Morgan fingerprint density at radius 2 is 1.89 bits per heavy atom. The molecule has 1 aliphatic rings. The molecule has 1 aromatic heterocycles. The van der Waals surface area contributed by atoms with Crippen LogP contribution < -0.4 is 5.32 Å². The molecule has 8 nitrogen and oxygen atoms in total. The van der Waals surface area contributed by atoms with Gasteiger partial charge < -0.3 is 14.4 Å². The lowest BCUT2D eigenvalue weighted by Crippen LogP contribution is -2.53. The number of hydrogen-bond acceptors (Lipinski definition) is 5. The van der Waals surface area contributed by atoms with Crippen molar-refractivity contribution in [3.8, 4) is 0 Å². The van der Waals surface area contributed by atoms with Crippen LogP contribution in [-0.4, -0.2) is 46.8 Å². The van der Waals surface area contributed by atoms with E-state index in [9.17, 15) is 19.2 Å². The van der Waals surface area contributed by atoms with Crippen molar-refractivity contribution in [1.29, 1.82) is 0 Å². The van der Waals surface area contributed by atoms with Crippen molar-refractivity contribution in [2.75, 3.05) is 13.1 Å². The highest BCUT2D eigenvalue weighted by Crippen LogP contribution is 2.11. The fraction of sp³-hybridized carbons (Fsp3) is 0.200. The lowest BCUT2D eigenvalue weighted by atomic mass is 10.2. The monoisotopic (exact) mass is 252 g/mol. The number of carboxylic acid groups (broad SMARTS) is 1. The first kappa shape index (κ1) is 11.8. The molecule has 2 N–H and O–H groups in total. The molecule has 0 radical (unpaired) electrons. The summed E-state index contributed by atoms with van der Waals surface area (Å²) in [5.41, 5.74) is -0.175. The van der Waals surface area contributed by atoms with Crippen molar-refractivity contribution in [3.63, 3.8) is 0 Å². The maximum Gasteiger partial charge on any atom is 0.338 e. The minimum Gasteiger partial charge on any atom is -0.478 e. The summed E-state index contributed by atoms with van der Waals surface area (Å²) in [6, 6.07) is 1.04. The molecule has 1 aromatic rings. The molecule has 3 amide bonds. The highest BCUT2D eigenvalue weighted by molar-refractivity contribution is 6.05. The maximum absolute atomic E-state index is 11.8. The molecule has 2 rings (SSSR count). The average Bonchev–Trinajstić information content (AvgIpc) is 2.75. The van der Waals surface area contributed by atoms with Gasteiger partial charge in [-0.3, -0.25) is 19.7 Å². The van der Waals surface area contributed by atoms with Gasteiger partial charge in [0.05, 0.1) is 5.56 Å². The Hall–Kier alpha value is -2.64. The van der Waals surface area contributed by atoms with Crippen LogP contribution in [0.25, 0.3) is 0 Å². The summed E-state index contributed by atoms with van der Waals surface area (Å²) in [7, 11) is 0. The second-order valence-corrected chi connectivity index (χ2v) is 3.64. The summed E-state index contributed by atoms with van der Waals surface area (Å²) in [5, 5.41) is 10.7. The van der Waals surface area contributed by atoms with Crippen molar-refractivity contribution >= 4 is 23.7 Å². The lowest BCUT2D eigenvalue weighted by molar-refractivity contribution is -0.135. The molecule has 1 aliphatic heterocycles. The Morgan fingerprint density at radius 3 is 2.39 bits per heavy atom. The van der Waals surface area contributed by atoms with Crippen molar-refractivity contribution in [3.05, 3.63) is 23.7 Å². The van der Waals surface area contributed by atoms with Gasteiger partial charge in [-0.05, 0) is 0 Å². The zero-order valence-corrected chi connectivity index (χ0v) is 9.00. The third kappa shape index (κ3) is 2.21. The Labute approximate surface area is 100 Å². The Balaban J connectivity index is 2.17. The summed E-state index contributed by atoms with van der Waals surface area (Å²) in [5.74, 6) is -3.35. The lowest BCUT2D eigenvalue weighted by Gasteiger charge is -2.24. The third-order valence-electron chi connectivity index (χ3n) is 2.29. The number of amides is 3. The number of nitrogens with one attached hydrogen (secondary N) is 1. The average molecular weight is 252 g/mol. The van der Waals surface area contributed by atoms with Gasteiger partial charge in [0.2, 0.25) is 11.8 Å². The summed E-state index contributed by atoms with van der Waals surface area (Å²) in [6.07, 6.45) is 0.918. The highest BCUT2D eigenvalue weighted by Gasteiger charge is 2.29. The second kappa shape index (κ2) is 4.32. The smallest absolute Gasteiger partial charge is 0.338 e. The predicted octanol–water partition coefficient (Wildman–Crippen LogP) is -0.924. The van der Waals surface area contributed by atoms with E-state index in [1.54, 1.807) is 0 Å². The topological polar surface area (TPSA) is 117 Å². The number of imide groups is 1. The minimum atomic E-state index is -1.23. The molecule has 0 bridgehead atoms. The zero-order chi connectivity index (χ0) is 13.3. The van der Waals surface area contributed by atoms with Crippen molar-refractivity contribution in [2.24, 2.45) is 0 Å². The standard InChI is InChI=1S/C10H8N2O6/c13-7-2-12(3-8(14)11-7)9(15)6-1-5(4-18-6)10(16)17/h1,4H,2-3H2,(H,16,17)(H,11,13,14). The second-order valence-electron chi connectivity index (χ2n) is 3.64.